The summed E-state index contributed by atoms with van der Waals surface area (Å²) in [7, 11) is -3.09. The minimum atomic E-state index is -3.09. The summed E-state index contributed by atoms with van der Waals surface area (Å²) in [4.78, 5) is 6.41. The lowest BCUT2D eigenvalue weighted by atomic mass is 10.00. The van der Waals surface area contributed by atoms with Crippen molar-refractivity contribution in [3.63, 3.8) is 0 Å². The molecule has 0 spiro atoms. The molecule has 0 atom stereocenters. The van der Waals surface area contributed by atoms with E-state index in [4.69, 9.17) is 5.73 Å². The molecular formula is C12H26N4O2S. The summed E-state index contributed by atoms with van der Waals surface area (Å²) < 4.78 is 24.9. The van der Waals surface area contributed by atoms with Gasteiger partial charge in [0.2, 0.25) is 10.0 Å². The molecule has 7 heteroatoms. The number of aliphatic imine (C=N–C) groups is 1. The Balaban J connectivity index is 2.21. The minimum Gasteiger partial charge on any atom is -0.370 e. The summed E-state index contributed by atoms with van der Waals surface area (Å²) in [5.41, 5.74) is 5.93. The maximum atomic E-state index is 11.2. The van der Waals surface area contributed by atoms with Crippen LogP contribution in [0.1, 0.15) is 33.1 Å². The summed E-state index contributed by atoms with van der Waals surface area (Å²) >= 11 is 0. The van der Waals surface area contributed by atoms with Crippen LogP contribution in [0.5, 0.6) is 0 Å². The lowest BCUT2D eigenvalue weighted by Gasteiger charge is -2.31. The zero-order valence-corrected chi connectivity index (χ0v) is 12.7. The van der Waals surface area contributed by atoms with Crippen molar-refractivity contribution < 1.29 is 8.42 Å². The fraction of sp³-hybridized carbons (Fsp3) is 0.917. The zero-order chi connectivity index (χ0) is 14.3. The van der Waals surface area contributed by atoms with Crippen LogP contribution >= 0.6 is 0 Å². The van der Waals surface area contributed by atoms with Crippen LogP contribution in [-0.4, -0.2) is 51.2 Å². The predicted molar refractivity (Wildman–Crippen MR) is 78.5 cm³/mol. The van der Waals surface area contributed by atoms with Gasteiger partial charge < -0.3 is 10.6 Å². The monoisotopic (exact) mass is 290 g/mol. The quantitative estimate of drug-likeness (QED) is 0.420. The van der Waals surface area contributed by atoms with Crippen molar-refractivity contribution in [3.8, 4) is 0 Å². The van der Waals surface area contributed by atoms with Gasteiger partial charge in [0.25, 0.3) is 0 Å². The van der Waals surface area contributed by atoms with E-state index >= 15 is 0 Å². The van der Waals surface area contributed by atoms with E-state index in [9.17, 15) is 8.42 Å². The van der Waals surface area contributed by atoms with E-state index < -0.39 is 10.0 Å². The number of nitrogens with one attached hydrogen (secondary N) is 1. The first-order valence-corrected chi connectivity index (χ1v) is 8.62. The Morgan fingerprint density at radius 1 is 1.42 bits per heavy atom. The second-order valence-corrected chi connectivity index (χ2v) is 7.16. The van der Waals surface area contributed by atoms with Crippen molar-refractivity contribution in [1.29, 1.82) is 0 Å². The van der Waals surface area contributed by atoms with E-state index in [-0.39, 0.29) is 5.75 Å². The molecule has 0 bridgehead atoms. The summed E-state index contributed by atoms with van der Waals surface area (Å²) in [6.45, 7) is 6.80. The number of hydrogen-bond acceptors (Lipinski definition) is 3. The van der Waals surface area contributed by atoms with E-state index in [2.05, 4.69) is 21.5 Å². The average Bonchev–Trinajstić information content (AvgIpc) is 2.39. The van der Waals surface area contributed by atoms with Crippen LogP contribution in [0.2, 0.25) is 0 Å². The third-order valence-corrected chi connectivity index (χ3v) is 4.82. The number of sulfonamides is 1. The van der Waals surface area contributed by atoms with Crippen molar-refractivity contribution >= 4 is 16.0 Å². The molecule has 0 aromatic rings. The van der Waals surface area contributed by atoms with Gasteiger partial charge in [0.1, 0.15) is 0 Å². The van der Waals surface area contributed by atoms with Gasteiger partial charge >= 0.3 is 0 Å². The van der Waals surface area contributed by atoms with Crippen LogP contribution in [0.4, 0.5) is 0 Å². The first-order valence-electron chi connectivity index (χ1n) is 6.97. The first-order chi connectivity index (χ1) is 8.94. The van der Waals surface area contributed by atoms with Crippen LogP contribution in [-0.2, 0) is 10.0 Å². The fourth-order valence-corrected chi connectivity index (χ4v) is 2.60. The predicted octanol–water partition coefficient (Wildman–Crippen LogP) is 0.362. The second kappa shape index (κ2) is 7.69. The maximum Gasteiger partial charge on any atom is 0.211 e. The summed E-state index contributed by atoms with van der Waals surface area (Å²) in [5.74, 6) is 1.47. The smallest absolute Gasteiger partial charge is 0.211 e. The average molecular weight is 290 g/mol. The van der Waals surface area contributed by atoms with Crippen LogP contribution in [0.25, 0.3) is 0 Å². The third kappa shape index (κ3) is 6.24. The second-order valence-electron chi connectivity index (χ2n) is 5.06. The van der Waals surface area contributed by atoms with Crippen LogP contribution in [0.15, 0.2) is 4.99 Å². The van der Waals surface area contributed by atoms with Crippen molar-refractivity contribution in [2.24, 2.45) is 16.6 Å². The lowest BCUT2D eigenvalue weighted by Crippen LogP contribution is -2.42. The Morgan fingerprint density at radius 3 is 2.63 bits per heavy atom. The first kappa shape index (κ1) is 16.2. The molecule has 0 amide bonds. The van der Waals surface area contributed by atoms with E-state index in [0.717, 1.165) is 31.8 Å². The molecule has 3 N–H and O–H groups in total. The Kier molecular flexibility index (Phi) is 6.57. The maximum absolute atomic E-state index is 11.2. The van der Waals surface area contributed by atoms with E-state index in [0.29, 0.717) is 25.5 Å². The number of hydrogen-bond donors (Lipinski definition) is 2. The molecule has 19 heavy (non-hydrogen) atoms. The highest BCUT2D eigenvalue weighted by Crippen LogP contribution is 2.15. The minimum absolute atomic E-state index is 0.115. The zero-order valence-electron chi connectivity index (χ0n) is 11.9. The molecule has 1 rings (SSSR count). The van der Waals surface area contributed by atoms with Gasteiger partial charge in [-0.05, 0) is 32.1 Å². The fourth-order valence-electron chi connectivity index (χ4n) is 1.94. The number of rotatable bonds is 6. The molecular weight excluding hydrogens is 264 g/mol. The highest BCUT2D eigenvalue weighted by atomic mass is 32.2. The number of likely N-dealkylation sites (tertiary alicyclic amines) is 1. The summed E-state index contributed by atoms with van der Waals surface area (Å²) in [5, 5.41) is 0. The SMILES string of the molecule is CCS(=O)(=O)NCCCN=C(N)N1CCC(C)CC1. The molecule has 0 unspecified atom stereocenters. The van der Waals surface area contributed by atoms with E-state index in [1.807, 2.05) is 0 Å². The molecule has 0 aromatic carbocycles. The third-order valence-electron chi connectivity index (χ3n) is 3.42. The Hall–Kier alpha value is -0.820. The van der Waals surface area contributed by atoms with Crippen LogP contribution < -0.4 is 10.5 Å². The van der Waals surface area contributed by atoms with Gasteiger partial charge in [0, 0.05) is 26.2 Å². The van der Waals surface area contributed by atoms with Gasteiger partial charge in [0.15, 0.2) is 5.96 Å². The molecule has 1 heterocycles. The lowest BCUT2D eigenvalue weighted by molar-refractivity contribution is 0.277. The van der Waals surface area contributed by atoms with Crippen molar-refractivity contribution in [3.05, 3.63) is 0 Å². The van der Waals surface area contributed by atoms with Gasteiger partial charge in [-0.1, -0.05) is 6.92 Å². The molecule has 1 saturated heterocycles. The highest BCUT2D eigenvalue weighted by molar-refractivity contribution is 7.89. The molecule has 1 fully saturated rings. The van der Waals surface area contributed by atoms with Gasteiger partial charge in [-0.2, -0.15) is 0 Å². The van der Waals surface area contributed by atoms with Gasteiger partial charge in [0.05, 0.1) is 5.75 Å². The normalized spacial score (nSPS) is 18.8. The standard InChI is InChI=1S/C12H26N4O2S/c1-3-19(17,18)15-8-4-7-14-12(13)16-9-5-11(2)6-10-16/h11,15H,3-10H2,1-2H3,(H2,13,14). The molecule has 6 nitrogen and oxygen atoms in total. The van der Waals surface area contributed by atoms with Gasteiger partial charge in [-0.25, -0.2) is 13.1 Å². The number of guanidine groups is 1. The molecule has 112 valence electrons. The molecule has 0 saturated carbocycles. The molecule has 0 aliphatic carbocycles. The highest BCUT2D eigenvalue weighted by Gasteiger charge is 2.16. The molecule has 1 aliphatic rings. The number of piperidine rings is 1. The molecule has 0 radical (unpaired) electrons. The van der Waals surface area contributed by atoms with E-state index in [1.54, 1.807) is 6.92 Å². The van der Waals surface area contributed by atoms with Crippen LogP contribution in [0, 0.1) is 5.92 Å². The Morgan fingerprint density at radius 2 is 2.05 bits per heavy atom. The van der Waals surface area contributed by atoms with Gasteiger partial charge in [-0.15, -0.1) is 0 Å². The number of nitrogens with zero attached hydrogens (tertiary/aromatic N) is 2. The topological polar surface area (TPSA) is 87.8 Å². The van der Waals surface area contributed by atoms with Crippen LogP contribution in [0.3, 0.4) is 0 Å². The summed E-state index contributed by atoms with van der Waals surface area (Å²) in [6.07, 6.45) is 2.99. The summed E-state index contributed by atoms with van der Waals surface area (Å²) in [6, 6.07) is 0. The van der Waals surface area contributed by atoms with E-state index in [1.165, 1.54) is 0 Å². The molecule has 1 aliphatic heterocycles. The largest absolute Gasteiger partial charge is 0.370 e. The van der Waals surface area contributed by atoms with Crippen molar-refractivity contribution in [2.45, 2.75) is 33.1 Å². The molecule has 0 aromatic heterocycles. The Bertz CT molecular complexity index is 387. The van der Waals surface area contributed by atoms with Crippen molar-refractivity contribution in [2.75, 3.05) is 31.9 Å². The Labute approximate surface area is 116 Å². The van der Waals surface area contributed by atoms with Crippen molar-refractivity contribution in [1.82, 2.24) is 9.62 Å². The number of nitrogens with two attached hydrogens (primary N) is 1. The van der Waals surface area contributed by atoms with Gasteiger partial charge in [-0.3, -0.25) is 4.99 Å².